The number of carbonyl (C=O) groups excluding carboxylic acids is 2. The van der Waals surface area contributed by atoms with Gasteiger partial charge in [0.05, 0.1) is 6.10 Å². The molecule has 0 aromatic heterocycles. The van der Waals surface area contributed by atoms with Gasteiger partial charge in [0.25, 0.3) is 0 Å². The summed E-state index contributed by atoms with van der Waals surface area (Å²) in [4.78, 5) is 34.6. The van der Waals surface area contributed by atoms with E-state index in [9.17, 15) is 14.4 Å². The van der Waals surface area contributed by atoms with E-state index in [2.05, 4.69) is 0 Å². The van der Waals surface area contributed by atoms with Gasteiger partial charge in [0.1, 0.15) is 12.0 Å². The highest BCUT2D eigenvalue weighted by atomic mass is 16.5. The van der Waals surface area contributed by atoms with Crippen LogP contribution in [0.1, 0.15) is 19.8 Å². The fraction of sp³-hybridized carbons (Fsp3) is 0.727. The molecule has 17 heavy (non-hydrogen) atoms. The molecule has 0 aliphatic carbocycles. The molecule has 1 heterocycles. The number of piperidine rings is 1. The number of amides is 1. The molecule has 1 amide bonds. The van der Waals surface area contributed by atoms with E-state index in [0.29, 0.717) is 13.0 Å². The van der Waals surface area contributed by atoms with E-state index >= 15 is 0 Å². The Bertz CT molecular complexity index is 317. The second-order valence-electron chi connectivity index (χ2n) is 4.11. The van der Waals surface area contributed by atoms with Gasteiger partial charge in [-0.15, -0.1) is 0 Å². The number of ether oxygens (including phenoxy) is 1. The van der Waals surface area contributed by atoms with Crippen LogP contribution in [-0.2, 0) is 19.1 Å². The summed E-state index contributed by atoms with van der Waals surface area (Å²) in [7, 11) is 1.52. The topological polar surface area (TPSA) is 83.9 Å². The molecule has 0 spiro atoms. The number of carboxylic acids is 1. The van der Waals surface area contributed by atoms with Crippen molar-refractivity contribution >= 4 is 18.2 Å². The highest BCUT2D eigenvalue weighted by Crippen LogP contribution is 2.21. The van der Waals surface area contributed by atoms with Crippen molar-refractivity contribution < 1.29 is 24.2 Å². The zero-order valence-corrected chi connectivity index (χ0v) is 9.88. The highest BCUT2D eigenvalue weighted by molar-refractivity contribution is 5.93. The molecule has 1 fully saturated rings. The molecule has 1 N–H and O–H groups in total. The Morgan fingerprint density at radius 3 is 2.65 bits per heavy atom. The third kappa shape index (κ3) is 3.03. The number of carbonyl (C=O) groups is 2. The minimum atomic E-state index is -1.07. The molecule has 1 aliphatic rings. The maximum atomic E-state index is 11.8. The summed E-state index contributed by atoms with van der Waals surface area (Å²) in [6, 6.07) is -0.919. The fourth-order valence-electron chi connectivity index (χ4n) is 1.94. The number of aliphatic carboxylic acids is 1. The Balaban J connectivity index is 2.80. The lowest BCUT2D eigenvalue weighted by Crippen LogP contribution is -2.53. The number of carboxylic acid groups (broad SMARTS) is 1. The van der Waals surface area contributed by atoms with E-state index in [1.807, 2.05) is 0 Å². The molecule has 1 radical (unpaired) electrons. The van der Waals surface area contributed by atoms with Crippen molar-refractivity contribution in [3.05, 3.63) is 0 Å². The van der Waals surface area contributed by atoms with Crippen molar-refractivity contribution in [2.75, 3.05) is 13.7 Å². The van der Waals surface area contributed by atoms with E-state index in [0.717, 1.165) is 0 Å². The Hall–Kier alpha value is -1.43. The molecule has 1 unspecified atom stereocenters. The fourth-order valence-corrected chi connectivity index (χ4v) is 1.94. The Kier molecular flexibility index (Phi) is 4.62. The highest BCUT2D eigenvalue weighted by Gasteiger charge is 2.37. The summed E-state index contributed by atoms with van der Waals surface area (Å²) in [5.41, 5.74) is 0. The van der Waals surface area contributed by atoms with Crippen molar-refractivity contribution in [3.63, 3.8) is 0 Å². The van der Waals surface area contributed by atoms with Gasteiger partial charge in [-0.25, -0.2) is 4.79 Å². The van der Waals surface area contributed by atoms with Gasteiger partial charge >= 0.3 is 5.97 Å². The first-order valence-electron chi connectivity index (χ1n) is 5.45. The first-order chi connectivity index (χ1) is 8.01. The third-order valence-corrected chi connectivity index (χ3v) is 3.00. The Morgan fingerprint density at radius 1 is 1.53 bits per heavy atom. The minimum Gasteiger partial charge on any atom is -0.480 e. The predicted octanol–water partition coefficient (Wildman–Crippen LogP) is -0.177. The van der Waals surface area contributed by atoms with Crippen molar-refractivity contribution in [2.24, 2.45) is 5.92 Å². The van der Waals surface area contributed by atoms with Gasteiger partial charge in [-0.05, 0) is 13.3 Å². The average molecular weight is 242 g/mol. The maximum Gasteiger partial charge on any atom is 0.326 e. The molecular formula is C11H16NO5. The number of hydrogen-bond acceptors (Lipinski definition) is 4. The van der Waals surface area contributed by atoms with E-state index in [4.69, 9.17) is 9.84 Å². The number of nitrogens with zero attached hydrogens (tertiary/aromatic N) is 1. The van der Waals surface area contributed by atoms with E-state index in [1.165, 1.54) is 18.9 Å². The van der Waals surface area contributed by atoms with Crippen LogP contribution in [-0.4, -0.2) is 54.0 Å². The molecule has 95 valence electrons. The van der Waals surface area contributed by atoms with Crippen LogP contribution in [0.5, 0.6) is 0 Å². The second-order valence-corrected chi connectivity index (χ2v) is 4.11. The standard InChI is InChI=1S/C11H16NO5/c1-7(6-13)10(14)12-4-3-8(17-2)5-9(12)11(15)16/h7-9H,3-5H2,1-2H3,(H,15,16)/t7-,8-,9?/m0/s1. The molecule has 1 aliphatic heterocycles. The molecule has 0 saturated carbocycles. The first kappa shape index (κ1) is 13.6. The summed E-state index contributed by atoms with van der Waals surface area (Å²) >= 11 is 0. The lowest BCUT2D eigenvalue weighted by atomic mass is 9.97. The Morgan fingerprint density at radius 2 is 2.18 bits per heavy atom. The summed E-state index contributed by atoms with van der Waals surface area (Å²) in [6.45, 7) is 1.71. The molecule has 0 bridgehead atoms. The smallest absolute Gasteiger partial charge is 0.326 e. The summed E-state index contributed by atoms with van der Waals surface area (Å²) in [5, 5.41) is 9.08. The van der Waals surface area contributed by atoms with Crippen LogP contribution in [0.2, 0.25) is 0 Å². The van der Waals surface area contributed by atoms with E-state index in [1.54, 1.807) is 6.29 Å². The van der Waals surface area contributed by atoms with Crippen molar-refractivity contribution in [2.45, 2.75) is 31.9 Å². The molecule has 1 rings (SSSR count). The monoisotopic (exact) mass is 242 g/mol. The first-order valence-corrected chi connectivity index (χ1v) is 5.45. The molecule has 1 saturated heterocycles. The molecular weight excluding hydrogens is 226 g/mol. The minimum absolute atomic E-state index is 0.157. The Labute approximate surface area is 99.5 Å². The van der Waals surface area contributed by atoms with Crippen LogP contribution in [0.25, 0.3) is 0 Å². The zero-order valence-electron chi connectivity index (χ0n) is 9.88. The SMILES string of the molecule is CO[C@H]1CCN(C(=O)[C@@H](C)[C]=O)C(C(=O)O)C1. The summed E-state index contributed by atoms with van der Waals surface area (Å²) < 4.78 is 5.11. The number of hydrogen-bond donors (Lipinski definition) is 1. The second kappa shape index (κ2) is 5.77. The van der Waals surface area contributed by atoms with Crippen LogP contribution < -0.4 is 0 Å². The van der Waals surface area contributed by atoms with Crippen LogP contribution in [0.4, 0.5) is 0 Å². The van der Waals surface area contributed by atoms with Crippen LogP contribution in [0.15, 0.2) is 0 Å². The van der Waals surface area contributed by atoms with Gasteiger partial charge in [-0.2, -0.15) is 0 Å². The van der Waals surface area contributed by atoms with Gasteiger partial charge in [0.2, 0.25) is 12.2 Å². The van der Waals surface area contributed by atoms with Gasteiger partial charge < -0.3 is 14.7 Å². The lowest BCUT2D eigenvalue weighted by molar-refractivity contribution is -0.155. The molecule has 6 nitrogen and oxygen atoms in total. The summed E-state index contributed by atoms with van der Waals surface area (Å²) in [5.74, 6) is -2.48. The molecule has 6 heteroatoms. The molecule has 0 aromatic carbocycles. The van der Waals surface area contributed by atoms with Gasteiger partial charge in [-0.3, -0.25) is 9.59 Å². The lowest BCUT2D eigenvalue weighted by Gasteiger charge is -2.37. The number of methoxy groups -OCH3 is 1. The van der Waals surface area contributed by atoms with Gasteiger partial charge in [0, 0.05) is 20.1 Å². The number of rotatable bonds is 4. The van der Waals surface area contributed by atoms with E-state index < -0.39 is 23.8 Å². The largest absolute Gasteiger partial charge is 0.480 e. The molecule has 3 atom stereocenters. The van der Waals surface area contributed by atoms with Crippen LogP contribution in [0.3, 0.4) is 0 Å². The van der Waals surface area contributed by atoms with Crippen molar-refractivity contribution in [3.8, 4) is 0 Å². The maximum absolute atomic E-state index is 11.8. The van der Waals surface area contributed by atoms with Gasteiger partial charge in [0.15, 0.2) is 0 Å². The quantitative estimate of drug-likeness (QED) is 0.691. The van der Waals surface area contributed by atoms with Crippen LogP contribution in [0, 0.1) is 5.92 Å². The average Bonchev–Trinajstić information content (AvgIpc) is 2.35. The van der Waals surface area contributed by atoms with Crippen molar-refractivity contribution in [1.82, 2.24) is 4.90 Å². The summed E-state index contributed by atoms with van der Waals surface area (Å²) in [6.07, 6.45) is 2.26. The third-order valence-electron chi connectivity index (χ3n) is 3.00. The molecule has 0 aromatic rings. The van der Waals surface area contributed by atoms with E-state index in [-0.39, 0.29) is 12.5 Å². The number of likely N-dealkylation sites (tertiary alicyclic amines) is 1. The van der Waals surface area contributed by atoms with Crippen molar-refractivity contribution in [1.29, 1.82) is 0 Å². The zero-order chi connectivity index (χ0) is 13.0. The van der Waals surface area contributed by atoms with Gasteiger partial charge in [-0.1, -0.05) is 0 Å². The van der Waals surface area contributed by atoms with Crippen LogP contribution >= 0.6 is 0 Å². The predicted molar refractivity (Wildman–Crippen MR) is 58.0 cm³/mol. The normalized spacial score (nSPS) is 26.4.